The number of nitrogens with zero attached hydrogens (tertiary/aromatic N) is 2. The van der Waals surface area contributed by atoms with Crippen molar-refractivity contribution in [3.63, 3.8) is 0 Å². The Morgan fingerprint density at radius 3 is 2.59 bits per heavy atom. The van der Waals surface area contributed by atoms with Crippen LogP contribution in [0.5, 0.6) is 0 Å². The maximum Gasteiger partial charge on any atom is 0.351 e. The van der Waals surface area contributed by atoms with E-state index >= 15 is 0 Å². The number of nitrogens with one attached hydrogen (secondary N) is 1. The molecule has 4 rings (SSSR count). The summed E-state index contributed by atoms with van der Waals surface area (Å²) in [5, 5.41) is 5.06. The van der Waals surface area contributed by atoms with Crippen molar-refractivity contribution in [3.8, 4) is 0 Å². The normalized spacial score (nSPS) is 21.7. The molecule has 0 aliphatic carbocycles. The Balaban J connectivity index is 1.57. The van der Waals surface area contributed by atoms with Crippen molar-refractivity contribution in [1.29, 1.82) is 0 Å². The fraction of sp³-hybridized carbons (Fsp3) is 0.464. The van der Waals surface area contributed by atoms with Gasteiger partial charge in [-0.2, -0.15) is 4.98 Å². The number of anilines is 1. The molecule has 1 amide bonds. The SMILES string of the molecule is CC(C)OC[C@H]1O[C@@H](n2cc(C(=O)NCc3cccc4ccccc34)c(N)nc2=O)[C@@H](C)C1OC(C)C. The van der Waals surface area contributed by atoms with E-state index in [9.17, 15) is 9.59 Å². The molecule has 2 heterocycles. The van der Waals surface area contributed by atoms with Gasteiger partial charge in [-0.15, -0.1) is 0 Å². The van der Waals surface area contributed by atoms with Crippen molar-refractivity contribution < 1.29 is 19.0 Å². The van der Waals surface area contributed by atoms with Crippen molar-refractivity contribution in [3.05, 3.63) is 70.3 Å². The molecule has 3 aromatic rings. The lowest BCUT2D eigenvalue weighted by Gasteiger charge is -2.24. The maximum atomic E-state index is 13.2. The number of amides is 1. The number of rotatable bonds is 9. The first-order valence-electron chi connectivity index (χ1n) is 12.7. The second kappa shape index (κ2) is 11.4. The molecule has 0 spiro atoms. The molecule has 0 radical (unpaired) electrons. The van der Waals surface area contributed by atoms with E-state index in [1.54, 1.807) is 0 Å². The van der Waals surface area contributed by atoms with Crippen LogP contribution in [-0.2, 0) is 20.8 Å². The number of carbonyl (C=O) groups excluding carboxylic acids is 1. The molecule has 0 bridgehead atoms. The fourth-order valence-corrected chi connectivity index (χ4v) is 4.70. The Morgan fingerprint density at radius 1 is 1.14 bits per heavy atom. The number of fused-ring (bicyclic) bond motifs is 1. The zero-order valence-electron chi connectivity index (χ0n) is 22.0. The number of hydrogen-bond acceptors (Lipinski definition) is 7. The van der Waals surface area contributed by atoms with Crippen LogP contribution in [0, 0.1) is 5.92 Å². The summed E-state index contributed by atoms with van der Waals surface area (Å²) in [7, 11) is 0. The number of hydrogen-bond donors (Lipinski definition) is 2. The molecule has 3 N–H and O–H groups in total. The number of nitrogens with two attached hydrogens (primary N) is 1. The minimum atomic E-state index is -0.685. The first-order chi connectivity index (χ1) is 17.7. The molecule has 9 heteroatoms. The monoisotopic (exact) mass is 508 g/mol. The number of benzene rings is 2. The lowest BCUT2D eigenvalue weighted by atomic mass is 10.0. The summed E-state index contributed by atoms with van der Waals surface area (Å²) in [6, 6.07) is 13.9. The number of ether oxygens (including phenoxy) is 3. The molecule has 198 valence electrons. The van der Waals surface area contributed by atoms with Gasteiger partial charge in [0.15, 0.2) is 0 Å². The van der Waals surface area contributed by atoms with Crippen LogP contribution in [-0.4, -0.2) is 46.5 Å². The van der Waals surface area contributed by atoms with Crippen molar-refractivity contribution in [2.75, 3.05) is 12.3 Å². The lowest BCUT2D eigenvalue weighted by Crippen LogP contribution is -2.36. The minimum Gasteiger partial charge on any atom is -0.383 e. The maximum absolute atomic E-state index is 13.2. The second-order valence-corrected chi connectivity index (χ2v) is 10.0. The molecule has 1 aromatic heterocycles. The molecule has 1 saturated heterocycles. The molecule has 2 aromatic carbocycles. The third kappa shape index (κ3) is 6.01. The highest BCUT2D eigenvalue weighted by molar-refractivity contribution is 5.98. The van der Waals surface area contributed by atoms with Gasteiger partial charge in [0, 0.05) is 18.7 Å². The van der Waals surface area contributed by atoms with Crippen molar-refractivity contribution in [2.45, 2.75) is 71.8 Å². The number of carbonyl (C=O) groups is 1. The molecular weight excluding hydrogens is 472 g/mol. The van der Waals surface area contributed by atoms with Crippen LogP contribution in [0.1, 0.15) is 56.8 Å². The highest BCUT2D eigenvalue weighted by Gasteiger charge is 2.45. The number of aromatic nitrogens is 2. The van der Waals surface area contributed by atoms with Crippen molar-refractivity contribution in [1.82, 2.24) is 14.9 Å². The van der Waals surface area contributed by atoms with Crippen LogP contribution in [0.4, 0.5) is 5.82 Å². The van der Waals surface area contributed by atoms with Crippen LogP contribution in [0.25, 0.3) is 10.8 Å². The first kappa shape index (κ1) is 26.8. The van der Waals surface area contributed by atoms with Gasteiger partial charge in [-0.05, 0) is 44.0 Å². The Kier molecular flexibility index (Phi) is 8.26. The quantitative estimate of drug-likeness (QED) is 0.453. The first-order valence-corrected chi connectivity index (χ1v) is 12.7. The van der Waals surface area contributed by atoms with E-state index in [-0.39, 0.29) is 41.7 Å². The van der Waals surface area contributed by atoms with Crippen LogP contribution in [0.15, 0.2) is 53.5 Å². The third-order valence-corrected chi connectivity index (χ3v) is 6.49. The summed E-state index contributed by atoms with van der Waals surface area (Å²) in [6.07, 6.45) is 0.0654. The molecule has 37 heavy (non-hydrogen) atoms. The summed E-state index contributed by atoms with van der Waals surface area (Å²) in [5.74, 6) is -0.748. The molecule has 1 fully saturated rings. The van der Waals surface area contributed by atoms with Gasteiger partial charge in [-0.25, -0.2) is 4.79 Å². The van der Waals surface area contributed by atoms with E-state index in [1.807, 2.05) is 77.1 Å². The van der Waals surface area contributed by atoms with E-state index in [1.165, 1.54) is 10.8 Å². The Labute approximate surface area is 216 Å². The molecule has 0 saturated carbocycles. The summed E-state index contributed by atoms with van der Waals surface area (Å²) < 4.78 is 19.5. The minimum absolute atomic E-state index is 0.0237. The van der Waals surface area contributed by atoms with Gasteiger partial charge in [-0.1, -0.05) is 49.4 Å². The number of nitrogen functional groups attached to an aromatic ring is 1. The van der Waals surface area contributed by atoms with Gasteiger partial charge in [0.1, 0.15) is 18.1 Å². The van der Waals surface area contributed by atoms with Crippen LogP contribution < -0.4 is 16.7 Å². The van der Waals surface area contributed by atoms with Crippen LogP contribution >= 0.6 is 0 Å². The molecule has 9 nitrogen and oxygen atoms in total. The average molecular weight is 509 g/mol. The van der Waals surface area contributed by atoms with E-state index in [0.717, 1.165) is 16.3 Å². The zero-order chi connectivity index (χ0) is 26.7. The Bertz CT molecular complexity index is 1300. The molecule has 1 aliphatic heterocycles. The van der Waals surface area contributed by atoms with E-state index in [0.29, 0.717) is 13.2 Å². The molecular formula is C28H36N4O5. The second-order valence-electron chi connectivity index (χ2n) is 10.0. The van der Waals surface area contributed by atoms with Crippen molar-refractivity contribution in [2.24, 2.45) is 5.92 Å². The van der Waals surface area contributed by atoms with E-state index in [4.69, 9.17) is 19.9 Å². The van der Waals surface area contributed by atoms with E-state index in [2.05, 4.69) is 10.3 Å². The van der Waals surface area contributed by atoms with E-state index < -0.39 is 17.8 Å². The standard InChI is InChI=1S/C28H36N4O5/c1-16(2)35-15-23-24(36-17(3)4)18(5)27(37-23)32-14-22(25(29)31-28(32)34)26(33)30-13-20-11-8-10-19-9-6-7-12-21(19)20/h6-12,14,16-18,23-24,27H,13,15H2,1-5H3,(H,30,33)(H2,29,31,34)/t18-,23+,24?,27+/m0/s1. The van der Waals surface area contributed by atoms with Gasteiger partial charge < -0.3 is 25.3 Å². The zero-order valence-corrected chi connectivity index (χ0v) is 22.0. The van der Waals surface area contributed by atoms with Gasteiger partial charge in [0.25, 0.3) is 5.91 Å². The van der Waals surface area contributed by atoms with Gasteiger partial charge in [0.2, 0.25) is 0 Å². The third-order valence-electron chi connectivity index (χ3n) is 6.49. The molecule has 1 aliphatic rings. The summed E-state index contributed by atoms with van der Waals surface area (Å²) in [5.41, 5.74) is 6.51. The summed E-state index contributed by atoms with van der Waals surface area (Å²) >= 11 is 0. The van der Waals surface area contributed by atoms with Crippen molar-refractivity contribution >= 4 is 22.5 Å². The topological polar surface area (TPSA) is 118 Å². The summed E-state index contributed by atoms with van der Waals surface area (Å²) in [6.45, 7) is 10.4. The van der Waals surface area contributed by atoms with Gasteiger partial charge >= 0.3 is 5.69 Å². The molecule has 4 atom stereocenters. The lowest BCUT2D eigenvalue weighted by molar-refractivity contribution is -0.0966. The van der Waals surface area contributed by atoms with Gasteiger partial charge in [-0.3, -0.25) is 9.36 Å². The predicted molar refractivity (Wildman–Crippen MR) is 142 cm³/mol. The average Bonchev–Trinajstić information content (AvgIpc) is 3.15. The largest absolute Gasteiger partial charge is 0.383 e. The Morgan fingerprint density at radius 2 is 1.86 bits per heavy atom. The predicted octanol–water partition coefficient (Wildman–Crippen LogP) is 3.66. The van der Waals surface area contributed by atoms with Crippen LogP contribution in [0.3, 0.4) is 0 Å². The smallest absolute Gasteiger partial charge is 0.351 e. The summed E-state index contributed by atoms with van der Waals surface area (Å²) in [4.78, 5) is 30.0. The Hall–Kier alpha value is -3.27. The van der Waals surface area contributed by atoms with Crippen LogP contribution in [0.2, 0.25) is 0 Å². The fourth-order valence-electron chi connectivity index (χ4n) is 4.70. The highest BCUT2D eigenvalue weighted by Crippen LogP contribution is 2.37. The highest BCUT2D eigenvalue weighted by atomic mass is 16.6. The molecule has 1 unspecified atom stereocenters. The van der Waals surface area contributed by atoms with Gasteiger partial charge in [0.05, 0.1) is 30.5 Å².